The van der Waals surface area contributed by atoms with E-state index in [-0.39, 0.29) is 11.4 Å². The number of sulfonamides is 1. The lowest BCUT2D eigenvalue weighted by Gasteiger charge is -2.05. The maximum Gasteiger partial charge on any atom is 0.243 e. The predicted octanol–water partition coefficient (Wildman–Crippen LogP) is 0.357. The molecule has 0 aliphatic carbocycles. The molecule has 0 amide bonds. The van der Waals surface area contributed by atoms with Gasteiger partial charge in [0.1, 0.15) is 17.0 Å². The van der Waals surface area contributed by atoms with E-state index in [0.717, 1.165) is 0 Å². The van der Waals surface area contributed by atoms with Crippen LogP contribution in [0.15, 0.2) is 35.6 Å². The molecular formula is C12H14N6O2S. The van der Waals surface area contributed by atoms with Gasteiger partial charge in [-0.05, 0) is 18.2 Å². The van der Waals surface area contributed by atoms with Crippen LogP contribution in [0.5, 0.6) is 0 Å². The maximum absolute atomic E-state index is 12.4. The molecule has 21 heavy (non-hydrogen) atoms. The second-order valence-corrected chi connectivity index (χ2v) is 6.38. The van der Waals surface area contributed by atoms with Gasteiger partial charge in [0.05, 0.1) is 6.54 Å². The van der Waals surface area contributed by atoms with Gasteiger partial charge in [0.25, 0.3) is 0 Å². The van der Waals surface area contributed by atoms with Crippen LogP contribution in [0.2, 0.25) is 0 Å². The lowest BCUT2D eigenvalue weighted by atomic mass is 10.2. The number of nitrogens with zero attached hydrogens (tertiary/aromatic N) is 3. The quantitative estimate of drug-likeness (QED) is 0.601. The van der Waals surface area contributed by atoms with Gasteiger partial charge < -0.3 is 15.3 Å². The minimum Gasteiger partial charge on any atom is -0.399 e. The third kappa shape index (κ3) is 2.48. The molecule has 110 valence electrons. The van der Waals surface area contributed by atoms with Crippen molar-refractivity contribution in [1.29, 1.82) is 0 Å². The van der Waals surface area contributed by atoms with Gasteiger partial charge in [-0.3, -0.25) is 0 Å². The third-order valence-electron chi connectivity index (χ3n) is 3.18. The van der Waals surface area contributed by atoms with E-state index in [2.05, 4.69) is 19.9 Å². The lowest BCUT2D eigenvalue weighted by molar-refractivity contribution is 0.578. The van der Waals surface area contributed by atoms with Gasteiger partial charge in [-0.25, -0.2) is 13.1 Å². The summed E-state index contributed by atoms with van der Waals surface area (Å²) in [5.41, 5.74) is 6.92. The Kier molecular flexibility index (Phi) is 3.15. The van der Waals surface area contributed by atoms with Gasteiger partial charge in [-0.1, -0.05) is 0 Å². The molecule has 3 aromatic rings. The molecule has 3 rings (SSSR count). The molecule has 8 nitrogen and oxygen atoms in total. The van der Waals surface area contributed by atoms with E-state index >= 15 is 0 Å². The number of benzene rings is 1. The van der Waals surface area contributed by atoms with Crippen LogP contribution in [0.1, 0.15) is 5.82 Å². The molecule has 0 radical (unpaired) electrons. The zero-order chi connectivity index (χ0) is 15.0. The van der Waals surface area contributed by atoms with Crippen LogP contribution in [-0.2, 0) is 23.6 Å². The lowest BCUT2D eigenvalue weighted by Crippen LogP contribution is -2.24. The van der Waals surface area contributed by atoms with Crippen molar-refractivity contribution in [2.24, 2.45) is 7.05 Å². The number of rotatable bonds is 4. The van der Waals surface area contributed by atoms with Crippen LogP contribution in [-0.4, -0.2) is 28.2 Å². The number of aryl methyl sites for hydroxylation is 1. The van der Waals surface area contributed by atoms with Gasteiger partial charge in [0.2, 0.25) is 10.0 Å². The van der Waals surface area contributed by atoms with E-state index in [1.165, 1.54) is 12.5 Å². The highest BCUT2D eigenvalue weighted by Gasteiger charge is 2.19. The molecule has 0 unspecified atom stereocenters. The Morgan fingerprint density at radius 1 is 1.43 bits per heavy atom. The van der Waals surface area contributed by atoms with Crippen LogP contribution in [0.25, 0.3) is 10.9 Å². The highest BCUT2D eigenvalue weighted by atomic mass is 32.2. The van der Waals surface area contributed by atoms with Crippen molar-refractivity contribution in [3.63, 3.8) is 0 Å². The number of anilines is 1. The minimum atomic E-state index is -3.65. The normalized spacial score (nSPS) is 12.0. The van der Waals surface area contributed by atoms with E-state index < -0.39 is 10.0 Å². The van der Waals surface area contributed by atoms with Gasteiger partial charge in [-0.2, -0.15) is 0 Å². The summed E-state index contributed by atoms with van der Waals surface area (Å²) in [4.78, 5) is 3.09. The topological polar surface area (TPSA) is 119 Å². The summed E-state index contributed by atoms with van der Waals surface area (Å²) in [5, 5.41) is 8.13. The van der Waals surface area contributed by atoms with Crippen molar-refractivity contribution in [1.82, 2.24) is 24.5 Å². The van der Waals surface area contributed by atoms with Crippen LogP contribution in [0.4, 0.5) is 5.69 Å². The first-order valence-electron chi connectivity index (χ1n) is 6.16. The Morgan fingerprint density at radius 3 is 2.95 bits per heavy atom. The number of nitrogen functional groups attached to an aromatic ring is 1. The summed E-state index contributed by atoms with van der Waals surface area (Å²) in [7, 11) is -1.90. The summed E-state index contributed by atoms with van der Waals surface area (Å²) in [6.07, 6.45) is 2.96. The second-order valence-electron chi connectivity index (χ2n) is 4.64. The van der Waals surface area contributed by atoms with Crippen molar-refractivity contribution in [2.45, 2.75) is 11.4 Å². The SMILES string of the molecule is Cn1cnnc1CNS(=O)(=O)c1c[nH]c2cc(N)ccc12. The molecule has 0 atom stereocenters. The standard InChI is InChI=1S/C12H14N6O2S/c1-18-7-15-17-12(18)6-16-21(19,20)11-5-14-10-4-8(13)2-3-9(10)11/h2-5,7,14,16H,6,13H2,1H3. The smallest absolute Gasteiger partial charge is 0.243 e. The third-order valence-corrected chi connectivity index (χ3v) is 4.62. The monoisotopic (exact) mass is 306 g/mol. The number of fused-ring (bicyclic) bond motifs is 1. The molecule has 2 aromatic heterocycles. The number of aromatic nitrogens is 4. The van der Waals surface area contributed by atoms with Crippen LogP contribution in [0.3, 0.4) is 0 Å². The number of H-pyrrole nitrogens is 1. The largest absolute Gasteiger partial charge is 0.399 e. The average Bonchev–Trinajstić information content (AvgIpc) is 3.02. The van der Waals surface area contributed by atoms with E-state index in [1.54, 1.807) is 29.8 Å². The fraction of sp³-hybridized carbons (Fsp3) is 0.167. The summed E-state index contributed by atoms with van der Waals surface area (Å²) >= 11 is 0. The summed E-state index contributed by atoms with van der Waals surface area (Å²) in [5.74, 6) is 0.530. The molecule has 0 spiro atoms. The van der Waals surface area contributed by atoms with Crippen LogP contribution >= 0.6 is 0 Å². The number of hydrogen-bond acceptors (Lipinski definition) is 5. The molecule has 2 heterocycles. The number of aromatic amines is 1. The Labute approximate surface area is 121 Å². The Hall–Kier alpha value is -2.39. The number of hydrogen-bond donors (Lipinski definition) is 3. The van der Waals surface area contributed by atoms with Crippen molar-refractivity contribution in [2.75, 3.05) is 5.73 Å². The Morgan fingerprint density at radius 2 is 2.24 bits per heavy atom. The fourth-order valence-corrected chi connectivity index (χ4v) is 3.20. The fourth-order valence-electron chi connectivity index (χ4n) is 2.04. The molecule has 0 saturated carbocycles. The summed E-state index contributed by atoms with van der Waals surface area (Å²) in [6, 6.07) is 5.03. The Bertz CT molecular complexity index is 896. The van der Waals surface area contributed by atoms with Gasteiger partial charge in [0, 0.05) is 29.8 Å². The molecular weight excluding hydrogens is 292 g/mol. The zero-order valence-electron chi connectivity index (χ0n) is 11.2. The van der Waals surface area contributed by atoms with Crippen molar-refractivity contribution >= 4 is 26.6 Å². The highest BCUT2D eigenvalue weighted by Crippen LogP contribution is 2.24. The van der Waals surface area contributed by atoms with Crippen LogP contribution < -0.4 is 10.5 Å². The molecule has 4 N–H and O–H groups in total. The molecule has 0 bridgehead atoms. The first-order valence-corrected chi connectivity index (χ1v) is 7.65. The van der Waals surface area contributed by atoms with Crippen LogP contribution in [0, 0.1) is 0 Å². The molecule has 0 saturated heterocycles. The first kappa shape index (κ1) is 13.6. The second kappa shape index (κ2) is 4.86. The summed E-state index contributed by atoms with van der Waals surface area (Å²) in [6.45, 7) is 0.0699. The Balaban J connectivity index is 1.91. The minimum absolute atomic E-state index is 0.0699. The van der Waals surface area contributed by atoms with E-state index in [9.17, 15) is 8.42 Å². The molecule has 0 fully saturated rings. The van der Waals surface area contributed by atoms with Crippen molar-refractivity contribution in [3.8, 4) is 0 Å². The van der Waals surface area contributed by atoms with E-state index in [4.69, 9.17) is 5.73 Å². The molecule has 9 heteroatoms. The summed E-state index contributed by atoms with van der Waals surface area (Å²) < 4.78 is 28.9. The molecule has 0 aliphatic rings. The maximum atomic E-state index is 12.4. The number of nitrogens with one attached hydrogen (secondary N) is 2. The predicted molar refractivity (Wildman–Crippen MR) is 77.7 cm³/mol. The van der Waals surface area contributed by atoms with Crippen molar-refractivity contribution in [3.05, 3.63) is 36.5 Å². The molecule has 1 aromatic carbocycles. The van der Waals surface area contributed by atoms with Gasteiger partial charge in [-0.15, -0.1) is 10.2 Å². The molecule has 0 aliphatic heterocycles. The zero-order valence-corrected chi connectivity index (χ0v) is 12.1. The van der Waals surface area contributed by atoms with Crippen molar-refractivity contribution < 1.29 is 8.42 Å². The van der Waals surface area contributed by atoms with E-state index in [0.29, 0.717) is 22.4 Å². The van der Waals surface area contributed by atoms with E-state index in [1.807, 2.05) is 0 Å². The highest BCUT2D eigenvalue weighted by molar-refractivity contribution is 7.89. The first-order chi connectivity index (χ1) is 9.97. The van der Waals surface area contributed by atoms with Gasteiger partial charge >= 0.3 is 0 Å². The van der Waals surface area contributed by atoms with Gasteiger partial charge in [0.15, 0.2) is 0 Å². The number of nitrogens with two attached hydrogens (primary N) is 1. The average molecular weight is 306 g/mol.